The van der Waals surface area contributed by atoms with Crippen LogP contribution in [0.25, 0.3) is 0 Å². The van der Waals surface area contributed by atoms with Gasteiger partial charge in [0.15, 0.2) is 0 Å². The summed E-state index contributed by atoms with van der Waals surface area (Å²) in [7, 11) is 0. The van der Waals surface area contributed by atoms with Gasteiger partial charge in [-0.2, -0.15) is 10.2 Å². The van der Waals surface area contributed by atoms with E-state index in [2.05, 4.69) is 37.0 Å². The predicted octanol–water partition coefficient (Wildman–Crippen LogP) is 1.41. The van der Waals surface area contributed by atoms with Crippen molar-refractivity contribution in [3.8, 4) is 0 Å². The van der Waals surface area contributed by atoms with Crippen molar-refractivity contribution < 1.29 is 9.59 Å². The molecule has 1 aliphatic heterocycles. The molecule has 6 nitrogen and oxygen atoms in total. The number of carbonyl (C=O) groups is 2. The number of hydrogen-bond donors (Lipinski definition) is 2. The van der Waals surface area contributed by atoms with E-state index in [9.17, 15) is 9.59 Å². The summed E-state index contributed by atoms with van der Waals surface area (Å²) in [5.41, 5.74) is 6.20. The Kier molecular flexibility index (Phi) is 4.62. The molecular weight excluding hydrogens is 324 g/mol. The molecule has 1 heterocycles. The van der Waals surface area contributed by atoms with Crippen molar-refractivity contribution in [3.05, 3.63) is 34.3 Å². The molecule has 0 saturated heterocycles. The fourth-order valence-electron chi connectivity index (χ4n) is 1.71. The highest BCUT2D eigenvalue weighted by molar-refractivity contribution is 9.10. The number of halogens is 1. The van der Waals surface area contributed by atoms with E-state index in [1.54, 1.807) is 6.92 Å². The largest absolute Gasteiger partial charge is 0.273 e. The summed E-state index contributed by atoms with van der Waals surface area (Å²) in [6, 6.07) is 7.50. The highest BCUT2D eigenvalue weighted by Crippen LogP contribution is 2.13. The van der Waals surface area contributed by atoms with Crippen LogP contribution >= 0.6 is 15.9 Å². The van der Waals surface area contributed by atoms with Crippen molar-refractivity contribution in [1.82, 2.24) is 10.9 Å². The highest BCUT2D eigenvalue weighted by atomic mass is 79.9. The average Bonchev–Trinajstić information content (AvgIpc) is 2.73. The molecule has 2 rings (SSSR count). The summed E-state index contributed by atoms with van der Waals surface area (Å²) >= 11 is 3.38. The summed E-state index contributed by atoms with van der Waals surface area (Å²) in [4.78, 5) is 23.1. The van der Waals surface area contributed by atoms with Gasteiger partial charge in [0.1, 0.15) is 0 Å². The Hall–Kier alpha value is -2.02. The van der Waals surface area contributed by atoms with Crippen LogP contribution in [0.1, 0.15) is 18.9 Å². The molecule has 1 aromatic rings. The number of hydrogen-bond acceptors (Lipinski definition) is 4. The molecule has 0 saturated carbocycles. The number of rotatable bonds is 4. The second kappa shape index (κ2) is 6.42. The van der Waals surface area contributed by atoms with Gasteiger partial charge in [-0.25, -0.2) is 10.9 Å². The summed E-state index contributed by atoms with van der Waals surface area (Å²) in [5, 5.41) is 7.65. The van der Waals surface area contributed by atoms with E-state index in [0.29, 0.717) is 5.71 Å². The van der Waals surface area contributed by atoms with Crippen LogP contribution in [0.3, 0.4) is 0 Å². The minimum absolute atomic E-state index is 0.0362. The van der Waals surface area contributed by atoms with Gasteiger partial charge in [0.05, 0.1) is 12.1 Å². The lowest BCUT2D eigenvalue weighted by atomic mass is 10.0. The van der Waals surface area contributed by atoms with E-state index in [1.165, 1.54) is 6.21 Å². The van der Waals surface area contributed by atoms with E-state index in [-0.39, 0.29) is 18.2 Å². The number of hydrazone groups is 2. The second-order valence-electron chi connectivity index (χ2n) is 4.30. The Morgan fingerprint density at radius 1 is 1.55 bits per heavy atom. The average molecular weight is 337 g/mol. The van der Waals surface area contributed by atoms with Crippen LogP contribution < -0.4 is 10.9 Å². The molecular formula is C13H13BrN4O2. The molecule has 1 aliphatic rings. The maximum absolute atomic E-state index is 11.7. The van der Waals surface area contributed by atoms with Gasteiger partial charge in [0.25, 0.3) is 0 Å². The van der Waals surface area contributed by atoms with Crippen molar-refractivity contribution in [3.63, 3.8) is 0 Å². The Bertz CT molecular complexity index is 598. The normalized spacial score (nSPS) is 18.0. The van der Waals surface area contributed by atoms with E-state index in [1.807, 2.05) is 24.3 Å². The molecule has 0 unspecified atom stereocenters. The number of amides is 2. The summed E-state index contributed by atoms with van der Waals surface area (Å²) in [6.45, 7) is 1.71. The number of benzene rings is 1. The van der Waals surface area contributed by atoms with E-state index < -0.39 is 5.92 Å². The molecule has 0 bridgehead atoms. The molecule has 0 radical (unpaired) electrons. The van der Waals surface area contributed by atoms with Gasteiger partial charge in [0.2, 0.25) is 11.8 Å². The fourth-order valence-corrected chi connectivity index (χ4v) is 2.10. The third-order valence-electron chi connectivity index (χ3n) is 2.85. The van der Waals surface area contributed by atoms with E-state index in [4.69, 9.17) is 0 Å². The zero-order valence-electron chi connectivity index (χ0n) is 10.8. The third kappa shape index (κ3) is 3.51. The Morgan fingerprint density at radius 3 is 2.95 bits per heavy atom. The standard InChI is InChI=1S/C13H13BrN4O2/c1-8-10(13(20)18-16-8)6-12(19)17-15-7-9-4-2-3-5-11(9)14/h2-5,7,10H,6H2,1H3,(H,17,19)(H,18,20)/b15-7-/t10-/m1/s1. The summed E-state index contributed by atoms with van der Waals surface area (Å²) in [5.74, 6) is -1.09. The Balaban J connectivity index is 1.88. The number of carbonyl (C=O) groups excluding carboxylic acids is 2. The first-order valence-electron chi connectivity index (χ1n) is 5.98. The van der Waals surface area contributed by atoms with E-state index >= 15 is 0 Å². The monoisotopic (exact) mass is 336 g/mol. The zero-order chi connectivity index (χ0) is 14.5. The molecule has 7 heteroatoms. The van der Waals surface area contributed by atoms with Crippen LogP contribution in [-0.4, -0.2) is 23.7 Å². The molecule has 20 heavy (non-hydrogen) atoms. The lowest BCUT2D eigenvalue weighted by Gasteiger charge is -2.05. The van der Waals surface area contributed by atoms with Crippen LogP contribution in [0.15, 0.2) is 38.9 Å². The van der Waals surface area contributed by atoms with E-state index in [0.717, 1.165) is 10.0 Å². The summed E-state index contributed by atoms with van der Waals surface area (Å²) in [6.07, 6.45) is 1.58. The highest BCUT2D eigenvalue weighted by Gasteiger charge is 2.28. The maximum atomic E-state index is 11.7. The molecule has 2 amide bonds. The SMILES string of the molecule is CC1=NNC(=O)[C@@H]1CC(=O)N/N=C\c1ccccc1Br. The minimum Gasteiger partial charge on any atom is -0.273 e. The number of nitrogens with one attached hydrogen (secondary N) is 2. The van der Waals surface area contributed by atoms with Crippen LogP contribution in [0.5, 0.6) is 0 Å². The van der Waals surface area contributed by atoms with Crippen LogP contribution in [0.4, 0.5) is 0 Å². The van der Waals surface area contributed by atoms with Gasteiger partial charge in [0, 0.05) is 22.2 Å². The lowest BCUT2D eigenvalue weighted by molar-refractivity contribution is -0.127. The van der Waals surface area contributed by atoms with Crippen molar-refractivity contribution in [2.75, 3.05) is 0 Å². The van der Waals surface area contributed by atoms with Crippen molar-refractivity contribution in [1.29, 1.82) is 0 Å². The molecule has 1 atom stereocenters. The van der Waals surface area contributed by atoms with Gasteiger partial charge >= 0.3 is 0 Å². The second-order valence-corrected chi connectivity index (χ2v) is 5.15. The first kappa shape index (κ1) is 14.4. The zero-order valence-corrected chi connectivity index (χ0v) is 12.3. The molecule has 104 valence electrons. The molecule has 0 aliphatic carbocycles. The smallest absolute Gasteiger partial charge is 0.249 e. The van der Waals surface area contributed by atoms with Gasteiger partial charge in [-0.05, 0) is 13.0 Å². The molecule has 1 aromatic carbocycles. The van der Waals surface area contributed by atoms with Gasteiger partial charge in [-0.3, -0.25) is 9.59 Å². The van der Waals surface area contributed by atoms with Crippen LogP contribution in [-0.2, 0) is 9.59 Å². The topological polar surface area (TPSA) is 82.9 Å². The minimum atomic E-state index is -0.506. The maximum Gasteiger partial charge on any atom is 0.249 e. The van der Waals surface area contributed by atoms with Crippen molar-refractivity contribution in [2.45, 2.75) is 13.3 Å². The molecule has 2 N–H and O–H groups in total. The van der Waals surface area contributed by atoms with Crippen molar-refractivity contribution in [2.24, 2.45) is 16.1 Å². The molecule has 0 spiro atoms. The summed E-state index contributed by atoms with van der Waals surface area (Å²) < 4.78 is 0.885. The Labute approximate surface area is 124 Å². The van der Waals surface area contributed by atoms with Crippen LogP contribution in [0.2, 0.25) is 0 Å². The Morgan fingerprint density at radius 2 is 2.30 bits per heavy atom. The van der Waals surface area contributed by atoms with Crippen molar-refractivity contribution >= 4 is 39.7 Å². The first-order chi connectivity index (χ1) is 9.58. The number of nitrogens with zero attached hydrogens (tertiary/aromatic N) is 2. The fraction of sp³-hybridized carbons (Fsp3) is 0.231. The first-order valence-corrected chi connectivity index (χ1v) is 6.77. The van der Waals surface area contributed by atoms with Crippen LogP contribution in [0, 0.1) is 5.92 Å². The van der Waals surface area contributed by atoms with Gasteiger partial charge in [-0.15, -0.1) is 0 Å². The lowest BCUT2D eigenvalue weighted by Crippen LogP contribution is -2.29. The van der Waals surface area contributed by atoms with Gasteiger partial charge < -0.3 is 0 Å². The molecule has 0 fully saturated rings. The van der Waals surface area contributed by atoms with Gasteiger partial charge in [-0.1, -0.05) is 34.1 Å². The predicted molar refractivity (Wildman–Crippen MR) is 79.2 cm³/mol. The molecule has 0 aromatic heterocycles. The third-order valence-corrected chi connectivity index (χ3v) is 3.57. The quantitative estimate of drug-likeness (QED) is 0.643.